The molecule has 0 fully saturated rings. The normalized spacial score (nSPS) is 19.7. The largest absolute Gasteiger partial charge is 0.272 e. The van der Waals surface area contributed by atoms with Crippen LogP contribution in [-0.4, -0.2) is 17.2 Å². The van der Waals surface area contributed by atoms with E-state index in [0.29, 0.717) is 5.75 Å². The van der Waals surface area contributed by atoms with Gasteiger partial charge in [0.15, 0.2) is 0 Å². The smallest absolute Gasteiger partial charge is 0.257 e. The summed E-state index contributed by atoms with van der Waals surface area (Å²) in [6, 6.07) is 0. The van der Waals surface area contributed by atoms with Crippen LogP contribution in [0.3, 0.4) is 0 Å². The molecule has 0 aromatic carbocycles. The molecule has 0 aliphatic carbocycles. The number of hydrogen-bond donors (Lipinski definition) is 0. The summed E-state index contributed by atoms with van der Waals surface area (Å²) >= 11 is 1.32. The van der Waals surface area contributed by atoms with Gasteiger partial charge in [-0.25, -0.2) is 4.99 Å². The van der Waals surface area contributed by atoms with Crippen LogP contribution >= 0.6 is 11.8 Å². The number of aliphatic imine (C=N–C) groups is 1. The molecule has 31 valence electrons. The summed E-state index contributed by atoms with van der Waals surface area (Å²) in [5.41, 5.74) is 2.46. The highest BCUT2D eigenvalue weighted by Gasteiger charge is 2.02. The van der Waals surface area contributed by atoms with Crippen molar-refractivity contribution in [1.29, 1.82) is 0 Å². The topological polar surface area (TPSA) is 29.4 Å². The Morgan fingerprint density at radius 3 is 3.00 bits per heavy atom. The predicted octanol–water partition coefficient (Wildman–Crippen LogP) is 0.165. The Bertz CT molecular complexity index is 99.0. The molecule has 1 heterocycles. The van der Waals surface area contributed by atoms with Gasteiger partial charge in [0.1, 0.15) is 5.55 Å². The third-order valence-electron chi connectivity index (χ3n) is 0.431. The van der Waals surface area contributed by atoms with Crippen molar-refractivity contribution >= 4 is 23.2 Å². The SMILES string of the molecule is O=C1CS[C]=N1. The second-order valence-electron chi connectivity index (χ2n) is 0.886. The van der Waals surface area contributed by atoms with E-state index in [2.05, 4.69) is 10.5 Å². The van der Waals surface area contributed by atoms with E-state index in [1.165, 1.54) is 11.8 Å². The van der Waals surface area contributed by atoms with E-state index in [1.54, 1.807) is 0 Å². The molecule has 0 aromatic rings. The van der Waals surface area contributed by atoms with Crippen molar-refractivity contribution < 1.29 is 4.79 Å². The highest BCUT2D eigenvalue weighted by molar-refractivity contribution is 8.13. The second kappa shape index (κ2) is 1.43. The van der Waals surface area contributed by atoms with Gasteiger partial charge in [0.2, 0.25) is 0 Å². The van der Waals surface area contributed by atoms with E-state index >= 15 is 0 Å². The Balaban J connectivity index is 2.59. The van der Waals surface area contributed by atoms with Gasteiger partial charge in [-0.3, -0.25) is 4.79 Å². The zero-order chi connectivity index (χ0) is 4.41. The first-order valence-corrected chi connectivity index (χ1v) is 2.48. The molecule has 2 nitrogen and oxygen atoms in total. The van der Waals surface area contributed by atoms with Crippen LogP contribution in [0.1, 0.15) is 0 Å². The van der Waals surface area contributed by atoms with Gasteiger partial charge in [-0.2, -0.15) is 0 Å². The molecule has 0 saturated carbocycles. The van der Waals surface area contributed by atoms with Crippen LogP contribution in [0.15, 0.2) is 4.99 Å². The van der Waals surface area contributed by atoms with Crippen molar-refractivity contribution in [1.82, 2.24) is 0 Å². The minimum Gasteiger partial charge on any atom is -0.272 e. The minimum atomic E-state index is -0.0694. The second-order valence-corrected chi connectivity index (χ2v) is 1.65. The van der Waals surface area contributed by atoms with Gasteiger partial charge in [0.05, 0.1) is 5.75 Å². The highest BCUT2D eigenvalue weighted by Crippen LogP contribution is 2.02. The van der Waals surface area contributed by atoms with Crippen LogP contribution in [0.5, 0.6) is 0 Å². The third kappa shape index (κ3) is 0.597. The Hall–Kier alpha value is -0.310. The molecule has 0 bridgehead atoms. The van der Waals surface area contributed by atoms with Crippen LogP contribution in [0.4, 0.5) is 0 Å². The van der Waals surface area contributed by atoms with Crippen molar-refractivity contribution in [2.45, 2.75) is 0 Å². The summed E-state index contributed by atoms with van der Waals surface area (Å²) in [6.45, 7) is 0. The van der Waals surface area contributed by atoms with Gasteiger partial charge in [0.25, 0.3) is 5.91 Å². The molecule has 0 saturated heterocycles. The van der Waals surface area contributed by atoms with Gasteiger partial charge >= 0.3 is 0 Å². The van der Waals surface area contributed by atoms with E-state index in [0.717, 1.165) is 0 Å². The van der Waals surface area contributed by atoms with Crippen LogP contribution in [0, 0.1) is 0 Å². The molecular formula is C3H2NOS. The summed E-state index contributed by atoms with van der Waals surface area (Å²) in [5.74, 6) is 0.417. The molecule has 1 aliphatic rings. The summed E-state index contributed by atoms with van der Waals surface area (Å²) in [4.78, 5) is 13.3. The molecule has 0 spiro atoms. The van der Waals surface area contributed by atoms with Crippen LogP contribution in [0.25, 0.3) is 0 Å². The monoisotopic (exact) mass is 100.0 g/mol. The molecule has 0 N–H and O–H groups in total. The lowest BCUT2D eigenvalue weighted by molar-refractivity contribution is -0.115. The zero-order valence-corrected chi connectivity index (χ0v) is 3.79. The van der Waals surface area contributed by atoms with Gasteiger partial charge in [-0.15, -0.1) is 0 Å². The van der Waals surface area contributed by atoms with E-state index < -0.39 is 0 Å². The summed E-state index contributed by atoms with van der Waals surface area (Å²) in [5, 5.41) is 0. The summed E-state index contributed by atoms with van der Waals surface area (Å²) in [7, 11) is 0. The van der Waals surface area contributed by atoms with Gasteiger partial charge < -0.3 is 0 Å². The number of rotatable bonds is 0. The van der Waals surface area contributed by atoms with E-state index in [-0.39, 0.29) is 5.91 Å². The van der Waals surface area contributed by atoms with Crippen molar-refractivity contribution in [3.8, 4) is 0 Å². The van der Waals surface area contributed by atoms with E-state index in [9.17, 15) is 4.79 Å². The molecule has 1 aliphatic heterocycles. The number of thioether (sulfide) groups is 1. The van der Waals surface area contributed by atoms with Crippen molar-refractivity contribution in [2.75, 3.05) is 5.75 Å². The fourth-order valence-corrected chi connectivity index (χ4v) is 0.628. The number of carbonyl (C=O) groups excluding carboxylic acids is 1. The fourth-order valence-electron chi connectivity index (χ4n) is 0.209. The Morgan fingerprint density at radius 1 is 2.00 bits per heavy atom. The van der Waals surface area contributed by atoms with Crippen molar-refractivity contribution in [2.24, 2.45) is 4.99 Å². The molecule has 0 atom stereocenters. The average Bonchev–Trinajstić information content (AvgIpc) is 1.86. The maximum atomic E-state index is 9.99. The molecule has 3 heteroatoms. The predicted molar refractivity (Wildman–Crippen MR) is 24.9 cm³/mol. The van der Waals surface area contributed by atoms with E-state index in [1.807, 2.05) is 0 Å². The third-order valence-corrected chi connectivity index (χ3v) is 1.04. The quantitative estimate of drug-likeness (QED) is 0.434. The highest BCUT2D eigenvalue weighted by atomic mass is 32.2. The standard InChI is InChI=1S/C3H2NOS/c5-3-1-6-2-4-3/h1H2. The molecule has 1 amide bonds. The Morgan fingerprint density at radius 2 is 2.83 bits per heavy atom. The molecular weight excluding hydrogens is 98.1 g/mol. The maximum Gasteiger partial charge on any atom is 0.257 e. The van der Waals surface area contributed by atoms with Crippen LogP contribution in [-0.2, 0) is 4.79 Å². The van der Waals surface area contributed by atoms with Crippen LogP contribution in [0.2, 0.25) is 0 Å². The average molecular weight is 100 g/mol. The van der Waals surface area contributed by atoms with Crippen molar-refractivity contribution in [3.05, 3.63) is 0 Å². The number of amides is 1. The lowest BCUT2D eigenvalue weighted by Crippen LogP contribution is -1.86. The number of nitrogens with zero attached hydrogens (tertiary/aromatic N) is 1. The molecule has 1 rings (SSSR count). The maximum absolute atomic E-state index is 9.99. The molecule has 6 heavy (non-hydrogen) atoms. The molecule has 0 unspecified atom stereocenters. The summed E-state index contributed by atoms with van der Waals surface area (Å²) in [6.07, 6.45) is 0. The Labute approximate surface area is 39.6 Å². The number of hydrogen-bond acceptors (Lipinski definition) is 2. The fraction of sp³-hybridized carbons (Fsp3) is 0.333. The lowest BCUT2D eigenvalue weighted by atomic mass is 10.8. The van der Waals surface area contributed by atoms with Crippen molar-refractivity contribution in [3.63, 3.8) is 0 Å². The van der Waals surface area contributed by atoms with Gasteiger partial charge in [-0.05, 0) is 0 Å². The Kier molecular flexibility index (Phi) is 0.919. The first-order chi connectivity index (χ1) is 2.89. The molecule has 1 radical (unpaired) electrons. The first-order valence-electron chi connectivity index (χ1n) is 1.50. The minimum absolute atomic E-state index is 0.0694. The summed E-state index contributed by atoms with van der Waals surface area (Å²) < 4.78 is 0. The van der Waals surface area contributed by atoms with Gasteiger partial charge in [-0.1, -0.05) is 11.8 Å². The van der Waals surface area contributed by atoms with Gasteiger partial charge in [0, 0.05) is 0 Å². The number of carbonyl (C=O) groups is 1. The lowest BCUT2D eigenvalue weighted by Gasteiger charge is -1.68. The van der Waals surface area contributed by atoms with E-state index in [4.69, 9.17) is 0 Å². The first kappa shape index (κ1) is 3.87. The van der Waals surface area contributed by atoms with Crippen LogP contribution < -0.4 is 0 Å². The zero-order valence-electron chi connectivity index (χ0n) is 2.97. The molecule has 0 aromatic heterocycles.